The molecule has 0 aromatic heterocycles. The van der Waals surface area contributed by atoms with Crippen molar-refractivity contribution in [3.05, 3.63) is 23.3 Å². The van der Waals surface area contributed by atoms with Crippen LogP contribution >= 0.6 is 45.8 Å². The van der Waals surface area contributed by atoms with Crippen molar-refractivity contribution in [1.82, 2.24) is 0 Å². The second kappa shape index (κ2) is 3.26. The molecule has 0 saturated heterocycles. The van der Waals surface area contributed by atoms with E-state index in [9.17, 15) is 0 Å². The number of hydrogen-bond donors (Lipinski definition) is 0. The lowest BCUT2D eigenvalue weighted by molar-refractivity contribution is 1.08. The molecule has 0 aromatic rings. The van der Waals surface area contributed by atoms with E-state index in [1.165, 1.54) is 0 Å². The molecule has 0 saturated carbocycles. The molecule has 2 unspecified atom stereocenters. The van der Waals surface area contributed by atoms with E-state index < -0.39 is 0 Å². The van der Waals surface area contributed by atoms with Crippen LogP contribution in [0.5, 0.6) is 0 Å². The largest absolute Gasteiger partial charge is 0.115 e. The maximum Gasteiger partial charge on any atom is 0.0844 e. The molecule has 0 spiro atoms. The first kappa shape index (κ1) is 7.89. The average Bonchev–Trinajstić information content (AvgIpc) is 1.83. The van der Waals surface area contributed by atoms with Crippen molar-refractivity contribution in [3.63, 3.8) is 0 Å². The van der Waals surface area contributed by atoms with Crippen LogP contribution < -0.4 is 0 Å². The lowest BCUT2D eigenvalue weighted by atomic mass is 10.2. The van der Waals surface area contributed by atoms with Crippen molar-refractivity contribution in [2.45, 2.75) is 9.30 Å². The van der Waals surface area contributed by atoms with E-state index in [-0.39, 0.29) is 5.38 Å². The van der Waals surface area contributed by atoms with E-state index in [1.54, 1.807) is 0 Å². The van der Waals surface area contributed by atoms with Gasteiger partial charge in [-0.25, -0.2) is 0 Å². The Morgan fingerprint density at radius 3 is 2.67 bits per heavy atom. The fourth-order valence-electron chi connectivity index (χ4n) is 0.595. The van der Waals surface area contributed by atoms with Gasteiger partial charge in [-0.1, -0.05) is 46.3 Å². The summed E-state index contributed by atoms with van der Waals surface area (Å²) >= 11 is 13.8. The number of hydrogen-bond acceptors (Lipinski definition) is 0. The molecular weight excluding hydrogens is 270 g/mol. The molecule has 0 aliphatic heterocycles. The van der Waals surface area contributed by atoms with Crippen LogP contribution in [-0.4, -0.2) is 9.30 Å². The average molecular weight is 275 g/mol. The Morgan fingerprint density at radius 2 is 2.22 bits per heavy atom. The van der Waals surface area contributed by atoms with Crippen LogP contribution in [0.15, 0.2) is 23.3 Å². The lowest BCUT2D eigenvalue weighted by Gasteiger charge is -2.14. The van der Waals surface area contributed by atoms with Crippen LogP contribution in [0.3, 0.4) is 0 Å². The summed E-state index contributed by atoms with van der Waals surface area (Å²) in [6.07, 6.45) is 5.79. The standard InChI is InChI=1S/C6H5Cl2I/c7-4-2-1-3-5(9)6(4)8/h1-3,5-6H. The lowest BCUT2D eigenvalue weighted by Crippen LogP contribution is -2.13. The smallest absolute Gasteiger partial charge is 0.0844 e. The van der Waals surface area contributed by atoms with Crippen LogP contribution in [-0.2, 0) is 0 Å². The minimum atomic E-state index is -0.0303. The zero-order chi connectivity index (χ0) is 6.85. The minimum Gasteiger partial charge on any atom is -0.115 e. The third-order valence-electron chi connectivity index (χ3n) is 1.09. The first-order valence-corrected chi connectivity index (χ1v) is 4.60. The third-order valence-corrected chi connectivity index (χ3v) is 3.63. The van der Waals surface area contributed by atoms with Gasteiger partial charge in [0.25, 0.3) is 0 Å². The predicted octanol–water partition coefficient (Wildman–Crippen LogP) is 3.09. The van der Waals surface area contributed by atoms with Crippen LogP contribution in [0.25, 0.3) is 0 Å². The second-order valence-electron chi connectivity index (χ2n) is 1.78. The van der Waals surface area contributed by atoms with Crippen molar-refractivity contribution in [1.29, 1.82) is 0 Å². The van der Waals surface area contributed by atoms with Crippen LogP contribution in [0, 0.1) is 0 Å². The Balaban J connectivity index is 2.73. The highest BCUT2D eigenvalue weighted by Crippen LogP contribution is 2.27. The zero-order valence-corrected chi connectivity index (χ0v) is 8.19. The maximum absolute atomic E-state index is 5.86. The fourth-order valence-corrected chi connectivity index (χ4v) is 1.80. The Bertz CT molecular complexity index is 162. The normalized spacial score (nSPS) is 34.3. The summed E-state index contributed by atoms with van der Waals surface area (Å²) in [4.78, 5) is 0. The van der Waals surface area contributed by atoms with Crippen molar-refractivity contribution >= 4 is 45.8 Å². The van der Waals surface area contributed by atoms with Gasteiger partial charge in [0.05, 0.1) is 9.30 Å². The van der Waals surface area contributed by atoms with Gasteiger partial charge in [0, 0.05) is 5.03 Å². The second-order valence-corrected chi connectivity index (χ2v) is 4.13. The summed E-state index contributed by atoms with van der Waals surface area (Å²) in [5, 5.41) is 0.704. The maximum atomic E-state index is 5.86. The molecule has 0 fully saturated rings. The summed E-state index contributed by atoms with van der Waals surface area (Å²) in [6, 6.07) is 0. The molecule has 0 amide bonds. The Kier molecular flexibility index (Phi) is 2.86. The summed E-state index contributed by atoms with van der Waals surface area (Å²) in [5.74, 6) is 0. The van der Waals surface area contributed by atoms with E-state index >= 15 is 0 Å². The van der Waals surface area contributed by atoms with E-state index in [0.29, 0.717) is 3.92 Å². The fraction of sp³-hybridized carbons (Fsp3) is 0.333. The number of rotatable bonds is 0. The first-order valence-electron chi connectivity index (χ1n) is 2.54. The van der Waals surface area contributed by atoms with Gasteiger partial charge >= 0.3 is 0 Å². The van der Waals surface area contributed by atoms with Gasteiger partial charge < -0.3 is 0 Å². The van der Waals surface area contributed by atoms with Gasteiger partial charge in [-0.05, 0) is 6.08 Å². The topological polar surface area (TPSA) is 0 Å². The SMILES string of the molecule is ClC1=CC=CC(I)C1Cl. The van der Waals surface area contributed by atoms with Gasteiger partial charge in [-0.3, -0.25) is 0 Å². The predicted molar refractivity (Wildman–Crippen MR) is 50.5 cm³/mol. The van der Waals surface area contributed by atoms with Gasteiger partial charge in [-0.15, -0.1) is 11.6 Å². The highest BCUT2D eigenvalue weighted by Gasteiger charge is 2.18. The zero-order valence-electron chi connectivity index (χ0n) is 4.52. The third kappa shape index (κ3) is 1.85. The van der Waals surface area contributed by atoms with E-state index in [0.717, 1.165) is 5.03 Å². The highest BCUT2D eigenvalue weighted by atomic mass is 127. The van der Waals surface area contributed by atoms with Crippen molar-refractivity contribution in [2.75, 3.05) is 0 Å². The quantitative estimate of drug-likeness (QED) is 0.470. The molecule has 2 atom stereocenters. The highest BCUT2D eigenvalue weighted by molar-refractivity contribution is 14.1. The van der Waals surface area contributed by atoms with Gasteiger partial charge in [-0.2, -0.15) is 0 Å². The summed E-state index contributed by atoms with van der Waals surface area (Å²) in [6.45, 7) is 0. The van der Waals surface area contributed by atoms with Crippen LogP contribution in [0.1, 0.15) is 0 Å². The summed E-state index contributed by atoms with van der Waals surface area (Å²) in [7, 11) is 0. The molecule has 3 heteroatoms. The van der Waals surface area contributed by atoms with E-state index in [2.05, 4.69) is 22.6 Å². The molecule has 1 aliphatic rings. The molecule has 9 heavy (non-hydrogen) atoms. The molecule has 1 rings (SSSR count). The van der Waals surface area contributed by atoms with Crippen LogP contribution in [0.4, 0.5) is 0 Å². The Morgan fingerprint density at radius 1 is 1.56 bits per heavy atom. The summed E-state index contributed by atoms with van der Waals surface area (Å²) in [5.41, 5.74) is 0. The monoisotopic (exact) mass is 274 g/mol. The molecule has 0 radical (unpaired) electrons. The molecular formula is C6H5Cl2I. The van der Waals surface area contributed by atoms with Crippen molar-refractivity contribution in [2.24, 2.45) is 0 Å². The molecule has 0 aromatic carbocycles. The number of allylic oxidation sites excluding steroid dienone is 4. The molecule has 0 N–H and O–H groups in total. The number of halogens is 3. The molecule has 0 bridgehead atoms. The van der Waals surface area contributed by atoms with E-state index in [4.69, 9.17) is 23.2 Å². The first-order chi connectivity index (χ1) is 4.22. The van der Waals surface area contributed by atoms with Crippen molar-refractivity contribution in [3.8, 4) is 0 Å². The Hall–Kier alpha value is 0.790. The van der Waals surface area contributed by atoms with Crippen molar-refractivity contribution < 1.29 is 0 Å². The molecule has 0 heterocycles. The Labute approximate surface area is 78.0 Å². The van der Waals surface area contributed by atoms with E-state index in [1.807, 2.05) is 18.2 Å². The van der Waals surface area contributed by atoms with Gasteiger partial charge in [0.2, 0.25) is 0 Å². The van der Waals surface area contributed by atoms with Gasteiger partial charge in [0.1, 0.15) is 0 Å². The number of alkyl halides is 2. The van der Waals surface area contributed by atoms with Crippen LogP contribution in [0.2, 0.25) is 0 Å². The van der Waals surface area contributed by atoms with Gasteiger partial charge in [0.15, 0.2) is 0 Å². The minimum absolute atomic E-state index is 0.0303. The molecule has 1 aliphatic carbocycles. The molecule has 0 nitrogen and oxygen atoms in total. The summed E-state index contributed by atoms with van der Waals surface area (Å²) < 4.78 is 0.335. The molecule has 50 valence electrons.